The topological polar surface area (TPSA) is 58.6 Å². The summed E-state index contributed by atoms with van der Waals surface area (Å²) < 4.78 is 6.66. The van der Waals surface area contributed by atoms with Crippen LogP contribution in [0.25, 0.3) is 0 Å². The Morgan fingerprint density at radius 3 is 2.35 bits per heavy atom. The van der Waals surface area contributed by atoms with Crippen LogP contribution in [0.2, 0.25) is 5.02 Å². The number of halogens is 2. The monoisotopic (exact) mass is 486 g/mol. The van der Waals surface area contributed by atoms with Crippen molar-refractivity contribution in [2.24, 2.45) is 0 Å². The summed E-state index contributed by atoms with van der Waals surface area (Å²) in [6.07, 6.45) is 0. The number of likely N-dealkylation sites (N-methyl/N-ethyl adjacent to an activating group) is 1. The molecule has 7 heteroatoms. The van der Waals surface area contributed by atoms with Gasteiger partial charge in [0, 0.05) is 22.2 Å². The van der Waals surface area contributed by atoms with Gasteiger partial charge in [-0.3, -0.25) is 9.59 Å². The molecule has 1 atom stereocenters. The van der Waals surface area contributed by atoms with Gasteiger partial charge in [-0.1, -0.05) is 23.7 Å². The average Bonchev–Trinajstić information content (AvgIpc) is 2.65. The van der Waals surface area contributed by atoms with E-state index in [2.05, 4.69) is 27.9 Å². The molecule has 2 amide bonds. The lowest BCUT2D eigenvalue weighted by molar-refractivity contribution is -0.142. The summed E-state index contributed by atoms with van der Waals surface area (Å²) >= 11 is 8.11. The maximum atomic E-state index is 12.7. The summed E-state index contributed by atoms with van der Waals surface area (Å²) in [6.45, 7) is 1.84. The molecule has 138 valence electrons. The quantitative estimate of drug-likeness (QED) is 0.610. The second kappa shape index (κ2) is 9.78. The first-order chi connectivity index (χ1) is 12.4. The molecule has 0 aliphatic carbocycles. The fourth-order valence-electron chi connectivity index (χ4n) is 2.34. The predicted molar refractivity (Wildman–Crippen MR) is 110 cm³/mol. The Labute approximate surface area is 171 Å². The zero-order valence-corrected chi connectivity index (χ0v) is 17.5. The Morgan fingerprint density at radius 2 is 1.77 bits per heavy atom. The van der Waals surface area contributed by atoms with Crippen molar-refractivity contribution in [2.45, 2.75) is 19.5 Å². The molecule has 0 saturated heterocycles. The maximum Gasteiger partial charge on any atom is 0.261 e. The second-order valence-corrected chi connectivity index (χ2v) is 7.36. The van der Waals surface area contributed by atoms with E-state index in [-0.39, 0.29) is 18.4 Å². The standard InChI is InChI=1S/C19H20ClIN2O3/c1-13(19(25)22-2)23(11-14-3-5-15(20)6-4-14)18(24)12-26-17-9-7-16(21)8-10-17/h3-10,13H,11-12H2,1-2H3,(H,22,25)/t13-/m1/s1. The van der Waals surface area contributed by atoms with Crippen molar-refractivity contribution in [3.63, 3.8) is 0 Å². The van der Waals surface area contributed by atoms with Gasteiger partial charge >= 0.3 is 0 Å². The fraction of sp³-hybridized carbons (Fsp3) is 0.263. The maximum absolute atomic E-state index is 12.7. The molecule has 2 rings (SSSR count). The van der Waals surface area contributed by atoms with Gasteiger partial charge in [0.1, 0.15) is 11.8 Å². The van der Waals surface area contributed by atoms with Gasteiger partial charge in [-0.15, -0.1) is 0 Å². The van der Waals surface area contributed by atoms with Crippen molar-refractivity contribution in [1.82, 2.24) is 10.2 Å². The highest BCUT2D eigenvalue weighted by atomic mass is 127. The van der Waals surface area contributed by atoms with Crippen LogP contribution in [0.5, 0.6) is 5.75 Å². The van der Waals surface area contributed by atoms with E-state index >= 15 is 0 Å². The number of ether oxygens (including phenoxy) is 1. The third-order valence-electron chi connectivity index (χ3n) is 3.86. The summed E-state index contributed by atoms with van der Waals surface area (Å²) in [5.41, 5.74) is 0.882. The summed E-state index contributed by atoms with van der Waals surface area (Å²) in [5, 5.41) is 3.20. The Balaban J connectivity index is 2.10. The van der Waals surface area contributed by atoms with Gasteiger partial charge in [0.05, 0.1) is 0 Å². The zero-order valence-electron chi connectivity index (χ0n) is 14.5. The van der Waals surface area contributed by atoms with Crippen molar-refractivity contribution < 1.29 is 14.3 Å². The molecule has 5 nitrogen and oxygen atoms in total. The zero-order chi connectivity index (χ0) is 19.1. The average molecular weight is 487 g/mol. The Bertz CT molecular complexity index is 750. The molecule has 0 aliphatic heterocycles. The molecule has 1 N–H and O–H groups in total. The summed E-state index contributed by atoms with van der Waals surface area (Å²) in [5.74, 6) is 0.106. The summed E-state index contributed by atoms with van der Waals surface area (Å²) in [7, 11) is 1.55. The van der Waals surface area contributed by atoms with Crippen LogP contribution in [0.3, 0.4) is 0 Å². The van der Waals surface area contributed by atoms with Gasteiger partial charge in [0.2, 0.25) is 5.91 Å². The van der Waals surface area contributed by atoms with Crippen molar-refractivity contribution in [2.75, 3.05) is 13.7 Å². The van der Waals surface area contributed by atoms with Crippen LogP contribution in [-0.2, 0) is 16.1 Å². The number of carbonyl (C=O) groups excluding carboxylic acids is 2. The SMILES string of the molecule is CNC(=O)[C@@H](C)N(Cc1ccc(Cl)cc1)C(=O)COc1ccc(I)cc1. The van der Waals surface area contributed by atoms with Gasteiger partial charge in [-0.05, 0) is 71.5 Å². The van der Waals surface area contributed by atoms with Gasteiger partial charge in [-0.25, -0.2) is 0 Å². The van der Waals surface area contributed by atoms with E-state index in [4.69, 9.17) is 16.3 Å². The molecule has 0 aromatic heterocycles. The number of carbonyl (C=O) groups is 2. The van der Waals surface area contributed by atoms with Crippen LogP contribution in [0, 0.1) is 3.57 Å². The van der Waals surface area contributed by atoms with E-state index in [9.17, 15) is 9.59 Å². The highest BCUT2D eigenvalue weighted by Gasteiger charge is 2.25. The Kier molecular flexibility index (Phi) is 7.71. The van der Waals surface area contributed by atoms with Gasteiger partial charge in [-0.2, -0.15) is 0 Å². The lowest BCUT2D eigenvalue weighted by atomic mass is 10.1. The largest absolute Gasteiger partial charge is 0.484 e. The van der Waals surface area contributed by atoms with E-state index in [1.165, 1.54) is 4.90 Å². The highest BCUT2D eigenvalue weighted by molar-refractivity contribution is 14.1. The van der Waals surface area contributed by atoms with Crippen molar-refractivity contribution >= 4 is 46.0 Å². The number of hydrogen-bond acceptors (Lipinski definition) is 3. The lowest BCUT2D eigenvalue weighted by Crippen LogP contribution is -2.48. The number of benzene rings is 2. The molecule has 0 aliphatic rings. The first-order valence-electron chi connectivity index (χ1n) is 8.04. The summed E-state index contributed by atoms with van der Waals surface area (Å²) in [6, 6.07) is 14.0. The molecular weight excluding hydrogens is 467 g/mol. The molecule has 0 radical (unpaired) electrons. The van der Waals surface area contributed by atoms with Crippen molar-refractivity contribution in [3.05, 3.63) is 62.7 Å². The number of rotatable bonds is 7. The van der Waals surface area contributed by atoms with E-state index in [1.54, 1.807) is 38.2 Å². The number of hydrogen-bond donors (Lipinski definition) is 1. The molecule has 0 fully saturated rings. The number of nitrogens with one attached hydrogen (secondary N) is 1. The van der Waals surface area contributed by atoms with Gasteiger partial charge < -0.3 is 15.0 Å². The summed E-state index contributed by atoms with van der Waals surface area (Å²) in [4.78, 5) is 26.3. The smallest absolute Gasteiger partial charge is 0.261 e. The molecular formula is C19H20ClIN2O3. The number of amides is 2. The van der Waals surface area contributed by atoms with Crippen LogP contribution >= 0.6 is 34.2 Å². The van der Waals surface area contributed by atoms with Crippen LogP contribution < -0.4 is 10.1 Å². The molecule has 2 aromatic carbocycles. The van der Waals surface area contributed by atoms with E-state index in [0.717, 1.165) is 9.13 Å². The van der Waals surface area contributed by atoms with E-state index in [1.807, 2.05) is 24.3 Å². The van der Waals surface area contributed by atoms with Crippen LogP contribution in [0.15, 0.2) is 48.5 Å². The minimum Gasteiger partial charge on any atom is -0.484 e. The minimum absolute atomic E-state index is 0.143. The molecule has 0 unspecified atom stereocenters. The minimum atomic E-state index is -0.622. The Morgan fingerprint density at radius 1 is 1.15 bits per heavy atom. The van der Waals surface area contributed by atoms with Gasteiger partial charge in [0.15, 0.2) is 6.61 Å². The fourth-order valence-corrected chi connectivity index (χ4v) is 2.82. The van der Waals surface area contributed by atoms with Gasteiger partial charge in [0.25, 0.3) is 5.91 Å². The van der Waals surface area contributed by atoms with Crippen molar-refractivity contribution in [3.8, 4) is 5.75 Å². The molecule has 0 spiro atoms. The molecule has 26 heavy (non-hydrogen) atoms. The highest BCUT2D eigenvalue weighted by Crippen LogP contribution is 2.16. The molecule has 0 bridgehead atoms. The van der Waals surface area contributed by atoms with E-state index in [0.29, 0.717) is 17.3 Å². The lowest BCUT2D eigenvalue weighted by Gasteiger charge is -2.28. The normalized spacial score (nSPS) is 11.5. The van der Waals surface area contributed by atoms with Crippen LogP contribution in [0.4, 0.5) is 0 Å². The molecule has 0 heterocycles. The molecule has 2 aromatic rings. The second-order valence-electron chi connectivity index (χ2n) is 5.68. The third kappa shape index (κ3) is 5.88. The third-order valence-corrected chi connectivity index (χ3v) is 4.83. The van der Waals surface area contributed by atoms with Crippen LogP contribution in [-0.4, -0.2) is 36.4 Å². The van der Waals surface area contributed by atoms with Crippen molar-refractivity contribution in [1.29, 1.82) is 0 Å². The van der Waals surface area contributed by atoms with Crippen LogP contribution in [0.1, 0.15) is 12.5 Å². The predicted octanol–water partition coefficient (Wildman–Crippen LogP) is 3.49. The first kappa shape index (κ1) is 20.5. The molecule has 0 saturated carbocycles. The first-order valence-corrected chi connectivity index (χ1v) is 9.50. The van der Waals surface area contributed by atoms with E-state index < -0.39 is 6.04 Å². The number of nitrogens with zero attached hydrogens (tertiary/aromatic N) is 1. The Hall–Kier alpha value is -1.80.